The van der Waals surface area contributed by atoms with Gasteiger partial charge in [0, 0.05) is 18.5 Å². The molecule has 0 radical (unpaired) electrons. The van der Waals surface area contributed by atoms with E-state index in [1.165, 1.54) is 32.1 Å². The van der Waals surface area contributed by atoms with E-state index in [1.807, 2.05) is 0 Å². The summed E-state index contributed by atoms with van der Waals surface area (Å²) in [5.74, 6) is 0.947. The fourth-order valence-electron chi connectivity index (χ4n) is 3.68. The highest BCUT2D eigenvalue weighted by Crippen LogP contribution is 2.35. The third-order valence-electron chi connectivity index (χ3n) is 5.36. The Labute approximate surface area is 117 Å². The quantitative estimate of drug-likeness (QED) is 0.825. The van der Waals surface area contributed by atoms with Gasteiger partial charge in [0.15, 0.2) is 0 Å². The summed E-state index contributed by atoms with van der Waals surface area (Å²) in [6, 6.07) is 0.292. The first kappa shape index (κ1) is 14.8. The fourth-order valence-corrected chi connectivity index (χ4v) is 3.68. The molecule has 2 fully saturated rings. The van der Waals surface area contributed by atoms with Gasteiger partial charge in [0.05, 0.1) is 0 Å². The number of nitrogens with two attached hydrogens (primary N) is 1. The second kappa shape index (κ2) is 6.25. The number of nitrogens with one attached hydrogen (secondary N) is 1. The largest absolute Gasteiger partial charge is 0.355 e. The molecule has 0 aromatic heterocycles. The topological polar surface area (TPSA) is 55.1 Å². The molecule has 110 valence electrons. The van der Waals surface area contributed by atoms with Crippen molar-refractivity contribution in [3.8, 4) is 0 Å². The van der Waals surface area contributed by atoms with Crippen molar-refractivity contribution in [3.63, 3.8) is 0 Å². The summed E-state index contributed by atoms with van der Waals surface area (Å²) in [6.45, 7) is 5.36. The SMILES string of the molecule is CC1CC(C(=O)NCC2(C)CCCCC2)CCC1N. The predicted octanol–water partition coefficient (Wildman–Crippen LogP) is 2.84. The normalized spacial score (nSPS) is 34.8. The van der Waals surface area contributed by atoms with Gasteiger partial charge in [-0.2, -0.15) is 0 Å². The van der Waals surface area contributed by atoms with Crippen LogP contribution in [-0.4, -0.2) is 18.5 Å². The molecule has 0 aromatic rings. The standard InChI is InChI=1S/C16H30N2O/c1-12-10-13(6-7-14(12)17)15(19)18-11-16(2)8-4-3-5-9-16/h12-14H,3-11,17H2,1-2H3,(H,18,19). The minimum atomic E-state index is 0.196. The summed E-state index contributed by atoms with van der Waals surface area (Å²) in [5.41, 5.74) is 6.36. The molecule has 3 atom stereocenters. The molecule has 0 spiro atoms. The van der Waals surface area contributed by atoms with Crippen molar-refractivity contribution >= 4 is 5.91 Å². The number of amides is 1. The van der Waals surface area contributed by atoms with Crippen LogP contribution in [0.15, 0.2) is 0 Å². The Hall–Kier alpha value is -0.570. The Morgan fingerprint density at radius 3 is 2.58 bits per heavy atom. The van der Waals surface area contributed by atoms with Gasteiger partial charge >= 0.3 is 0 Å². The van der Waals surface area contributed by atoms with Crippen molar-refractivity contribution in [1.82, 2.24) is 5.32 Å². The molecular weight excluding hydrogens is 236 g/mol. The van der Waals surface area contributed by atoms with Crippen molar-refractivity contribution in [3.05, 3.63) is 0 Å². The molecule has 2 rings (SSSR count). The molecule has 19 heavy (non-hydrogen) atoms. The lowest BCUT2D eigenvalue weighted by molar-refractivity contribution is -0.127. The number of hydrogen-bond donors (Lipinski definition) is 2. The van der Waals surface area contributed by atoms with Crippen LogP contribution in [0.5, 0.6) is 0 Å². The molecule has 0 aliphatic heterocycles. The minimum absolute atomic E-state index is 0.196. The van der Waals surface area contributed by atoms with E-state index < -0.39 is 0 Å². The van der Waals surface area contributed by atoms with Gasteiger partial charge in [0.2, 0.25) is 5.91 Å². The van der Waals surface area contributed by atoms with Gasteiger partial charge in [-0.3, -0.25) is 4.79 Å². The lowest BCUT2D eigenvalue weighted by Gasteiger charge is -2.35. The molecule has 0 aromatic carbocycles. The van der Waals surface area contributed by atoms with E-state index in [-0.39, 0.29) is 11.8 Å². The zero-order chi connectivity index (χ0) is 13.9. The first-order valence-corrected chi connectivity index (χ1v) is 8.03. The predicted molar refractivity (Wildman–Crippen MR) is 78.7 cm³/mol. The molecule has 3 heteroatoms. The third-order valence-corrected chi connectivity index (χ3v) is 5.36. The fraction of sp³-hybridized carbons (Fsp3) is 0.938. The van der Waals surface area contributed by atoms with Crippen LogP contribution >= 0.6 is 0 Å². The molecule has 0 saturated heterocycles. The number of carbonyl (C=O) groups is 1. The summed E-state index contributed by atoms with van der Waals surface area (Å²) in [6.07, 6.45) is 9.46. The average Bonchev–Trinajstić information content (AvgIpc) is 2.40. The van der Waals surface area contributed by atoms with Crippen molar-refractivity contribution in [2.24, 2.45) is 23.0 Å². The number of rotatable bonds is 3. The van der Waals surface area contributed by atoms with Gasteiger partial charge < -0.3 is 11.1 Å². The van der Waals surface area contributed by atoms with Crippen LogP contribution in [0.2, 0.25) is 0 Å². The lowest BCUT2D eigenvalue weighted by atomic mass is 9.75. The highest BCUT2D eigenvalue weighted by molar-refractivity contribution is 5.78. The molecule has 1 amide bonds. The monoisotopic (exact) mass is 266 g/mol. The smallest absolute Gasteiger partial charge is 0.223 e. The molecule has 2 saturated carbocycles. The number of carbonyl (C=O) groups excluding carboxylic acids is 1. The first-order chi connectivity index (χ1) is 9.00. The Balaban J connectivity index is 1.78. The Morgan fingerprint density at radius 1 is 1.26 bits per heavy atom. The molecule has 3 N–H and O–H groups in total. The maximum Gasteiger partial charge on any atom is 0.223 e. The highest BCUT2D eigenvalue weighted by atomic mass is 16.1. The summed E-state index contributed by atoms with van der Waals surface area (Å²) in [4.78, 5) is 12.3. The number of hydrogen-bond acceptors (Lipinski definition) is 2. The zero-order valence-electron chi connectivity index (χ0n) is 12.6. The van der Waals surface area contributed by atoms with Crippen molar-refractivity contribution < 1.29 is 4.79 Å². The third kappa shape index (κ3) is 3.95. The van der Waals surface area contributed by atoms with Gasteiger partial charge in [-0.05, 0) is 43.4 Å². The van der Waals surface area contributed by atoms with E-state index in [2.05, 4.69) is 19.2 Å². The molecule has 0 heterocycles. The summed E-state index contributed by atoms with van der Waals surface area (Å²) < 4.78 is 0. The van der Waals surface area contributed by atoms with E-state index in [0.29, 0.717) is 17.4 Å². The summed E-state index contributed by atoms with van der Waals surface area (Å²) in [7, 11) is 0. The van der Waals surface area contributed by atoms with Gasteiger partial charge in [-0.25, -0.2) is 0 Å². The molecule has 3 nitrogen and oxygen atoms in total. The Bertz CT molecular complexity index is 310. The van der Waals surface area contributed by atoms with Gasteiger partial charge in [0.25, 0.3) is 0 Å². The lowest BCUT2D eigenvalue weighted by Crippen LogP contribution is -2.43. The maximum absolute atomic E-state index is 12.3. The van der Waals surface area contributed by atoms with E-state index in [1.54, 1.807) is 0 Å². The van der Waals surface area contributed by atoms with Crippen molar-refractivity contribution in [1.29, 1.82) is 0 Å². The average molecular weight is 266 g/mol. The zero-order valence-corrected chi connectivity index (χ0v) is 12.6. The maximum atomic E-state index is 12.3. The Kier molecular flexibility index (Phi) is 4.88. The van der Waals surface area contributed by atoms with Gasteiger partial charge in [-0.1, -0.05) is 33.1 Å². The van der Waals surface area contributed by atoms with E-state index in [9.17, 15) is 4.79 Å². The summed E-state index contributed by atoms with van der Waals surface area (Å²) in [5, 5.41) is 3.22. The van der Waals surface area contributed by atoms with Gasteiger partial charge in [0.1, 0.15) is 0 Å². The van der Waals surface area contributed by atoms with Crippen LogP contribution in [0.4, 0.5) is 0 Å². The molecule has 0 bridgehead atoms. The second-order valence-electron chi connectivity index (χ2n) is 7.24. The summed E-state index contributed by atoms with van der Waals surface area (Å²) >= 11 is 0. The van der Waals surface area contributed by atoms with E-state index in [4.69, 9.17) is 5.73 Å². The van der Waals surface area contributed by atoms with E-state index >= 15 is 0 Å². The van der Waals surface area contributed by atoms with Crippen LogP contribution in [0, 0.1) is 17.3 Å². The minimum Gasteiger partial charge on any atom is -0.355 e. The molecule has 2 aliphatic rings. The van der Waals surface area contributed by atoms with E-state index in [0.717, 1.165) is 25.8 Å². The Morgan fingerprint density at radius 2 is 1.95 bits per heavy atom. The first-order valence-electron chi connectivity index (χ1n) is 8.03. The van der Waals surface area contributed by atoms with Crippen LogP contribution in [0.1, 0.15) is 65.2 Å². The van der Waals surface area contributed by atoms with Crippen LogP contribution in [0.25, 0.3) is 0 Å². The van der Waals surface area contributed by atoms with Crippen LogP contribution in [-0.2, 0) is 4.79 Å². The molecule has 3 unspecified atom stereocenters. The molecular formula is C16H30N2O. The van der Waals surface area contributed by atoms with Crippen LogP contribution < -0.4 is 11.1 Å². The van der Waals surface area contributed by atoms with Gasteiger partial charge in [-0.15, -0.1) is 0 Å². The van der Waals surface area contributed by atoms with Crippen LogP contribution in [0.3, 0.4) is 0 Å². The highest BCUT2D eigenvalue weighted by Gasteiger charge is 2.31. The van der Waals surface area contributed by atoms with Crippen molar-refractivity contribution in [2.75, 3.05) is 6.54 Å². The molecule has 2 aliphatic carbocycles. The van der Waals surface area contributed by atoms with Crippen molar-refractivity contribution in [2.45, 2.75) is 71.3 Å². The second-order valence-corrected chi connectivity index (χ2v) is 7.24.